The lowest BCUT2D eigenvalue weighted by Crippen LogP contribution is -2.38. The molecule has 19 heavy (non-hydrogen) atoms. The molecule has 1 aromatic rings. The van der Waals surface area contributed by atoms with Gasteiger partial charge in [0.25, 0.3) is 0 Å². The van der Waals surface area contributed by atoms with E-state index < -0.39 is 0 Å². The van der Waals surface area contributed by atoms with Crippen LogP contribution in [-0.4, -0.2) is 23.6 Å². The van der Waals surface area contributed by atoms with E-state index in [1.54, 1.807) is 0 Å². The third-order valence-corrected chi connectivity index (χ3v) is 3.93. The van der Waals surface area contributed by atoms with Gasteiger partial charge < -0.3 is 10.2 Å². The molecule has 0 spiro atoms. The SMILES string of the molecule is CCCNCc1cc(C)nc(N2CCCC2(C)C)c1. The second-order valence-electron chi connectivity index (χ2n) is 6.22. The molecule has 0 saturated carbocycles. The highest BCUT2D eigenvalue weighted by molar-refractivity contribution is 5.46. The van der Waals surface area contributed by atoms with E-state index in [-0.39, 0.29) is 5.54 Å². The average molecular weight is 261 g/mol. The molecule has 2 rings (SSSR count). The molecule has 1 aliphatic heterocycles. The molecule has 1 saturated heterocycles. The number of hydrogen-bond donors (Lipinski definition) is 1. The van der Waals surface area contributed by atoms with Gasteiger partial charge in [0.05, 0.1) is 0 Å². The van der Waals surface area contributed by atoms with E-state index in [2.05, 4.69) is 50.0 Å². The van der Waals surface area contributed by atoms with Crippen LogP contribution in [0.2, 0.25) is 0 Å². The average Bonchev–Trinajstić information content (AvgIpc) is 2.68. The van der Waals surface area contributed by atoms with Crippen LogP contribution in [0.1, 0.15) is 51.3 Å². The lowest BCUT2D eigenvalue weighted by Gasteiger charge is -2.33. The van der Waals surface area contributed by atoms with Crippen LogP contribution >= 0.6 is 0 Å². The molecule has 0 aliphatic carbocycles. The van der Waals surface area contributed by atoms with Crippen LogP contribution in [0.25, 0.3) is 0 Å². The van der Waals surface area contributed by atoms with Gasteiger partial charge in [0.2, 0.25) is 0 Å². The zero-order valence-corrected chi connectivity index (χ0v) is 12.8. The van der Waals surface area contributed by atoms with Crippen molar-refractivity contribution in [1.29, 1.82) is 0 Å². The highest BCUT2D eigenvalue weighted by Crippen LogP contribution is 2.32. The number of hydrogen-bond acceptors (Lipinski definition) is 3. The van der Waals surface area contributed by atoms with Gasteiger partial charge >= 0.3 is 0 Å². The fraction of sp³-hybridized carbons (Fsp3) is 0.688. The van der Waals surface area contributed by atoms with Crippen molar-refractivity contribution in [2.45, 2.75) is 59.0 Å². The van der Waals surface area contributed by atoms with E-state index in [0.29, 0.717) is 0 Å². The van der Waals surface area contributed by atoms with Gasteiger partial charge in [-0.05, 0) is 64.3 Å². The van der Waals surface area contributed by atoms with Gasteiger partial charge in [-0.2, -0.15) is 0 Å². The second kappa shape index (κ2) is 5.91. The Morgan fingerprint density at radius 2 is 2.16 bits per heavy atom. The van der Waals surface area contributed by atoms with Crippen LogP contribution in [0.5, 0.6) is 0 Å². The van der Waals surface area contributed by atoms with Crippen LogP contribution in [0, 0.1) is 6.92 Å². The topological polar surface area (TPSA) is 28.2 Å². The van der Waals surface area contributed by atoms with Crippen molar-refractivity contribution in [3.8, 4) is 0 Å². The molecule has 3 heteroatoms. The molecule has 1 N–H and O–H groups in total. The maximum absolute atomic E-state index is 4.74. The van der Waals surface area contributed by atoms with Gasteiger partial charge in [-0.3, -0.25) is 0 Å². The minimum absolute atomic E-state index is 0.245. The smallest absolute Gasteiger partial charge is 0.129 e. The quantitative estimate of drug-likeness (QED) is 0.825. The van der Waals surface area contributed by atoms with Crippen molar-refractivity contribution < 1.29 is 0 Å². The molecule has 1 aliphatic rings. The molecule has 1 fully saturated rings. The van der Waals surface area contributed by atoms with E-state index in [1.165, 1.54) is 24.8 Å². The standard InChI is InChI=1S/C16H27N3/c1-5-8-17-12-14-10-13(2)18-15(11-14)19-9-6-7-16(19,3)4/h10-11,17H,5-9,12H2,1-4H3. The van der Waals surface area contributed by atoms with Crippen molar-refractivity contribution in [2.75, 3.05) is 18.0 Å². The summed E-state index contributed by atoms with van der Waals surface area (Å²) in [4.78, 5) is 7.20. The van der Waals surface area contributed by atoms with Crippen LogP contribution < -0.4 is 10.2 Å². The molecular formula is C16H27N3. The monoisotopic (exact) mass is 261 g/mol. The second-order valence-corrected chi connectivity index (χ2v) is 6.22. The molecule has 106 valence electrons. The zero-order chi connectivity index (χ0) is 13.9. The first-order valence-corrected chi connectivity index (χ1v) is 7.49. The highest BCUT2D eigenvalue weighted by Gasteiger charge is 2.32. The third-order valence-electron chi connectivity index (χ3n) is 3.93. The summed E-state index contributed by atoms with van der Waals surface area (Å²) in [7, 11) is 0. The van der Waals surface area contributed by atoms with Crippen molar-refractivity contribution in [3.63, 3.8) is 0 Å². The summed E-state index contributed by atoms with van der Waals surface area (Å²) in [6, 6.07) is 4.44. The molecule has 1 aromatic heterocycles. The van der Waals surface area contributed by atoms with E-state index in [1.807, 2.05) is 0 Å². The Balaban J connectivity index is 2.16. The number of anilines is 1. The number of nitrogens with one attached hydrogen (secondary N) is 1. The molecule has 0 bridgehead atoms. The van der Waals surface area contributed by atoms with Gasteiger partial charge in [-0.25, -0.2) is 4.98 Å². The van der Waals surface area contributed by atoms with E-state index in [0.717, 1.165) is 31.1 Å². The number of pyridine rings is 1. The predicted octanol–water partition coefficient (Wildman–Crippen LogP) is 3.27. The number of aryl methyl sites for hydroxylation is 1. The van der Waals surface area contributed by atoms with Crippen molar-refractivity contribution in [3.05, 3.63) is 23.4 Å². The third kappa shape index (κ3) is 3.47. The summed E-state index contributed by atoms with van der Waals surface area (Å²) in [6.45, 7) is 12.1. The normalized spacial score (nSPS) is 18.0. The van der Waals surface area contributed by atoms with Gasteiger partial charge in [0.15, 0.2) is 0 Å². The van der Waals surface area contributed by atoms with Gasteiger partial charge in [-0.15, -0.1) is 0 Å². The number of rotatable bonds is 5. The first-order chi connectivity index (χ1) is 9.03. The van der Waals surface area contributed by atoms with Crippen molar-refractivity contribution >= 4 is 5.82 Å². The lowest BCUT2D eigenvalue weighted by atomic mass is 10.0. The Hall–Kier alpha value is -1.09. The van der Waals surface area contributed by atoms with E-state index in [4.69, 9.17) is 4.98 Å². The Morgan fingerprint density at radius 3 is 2.79 bits per heavy atom. The predicted molar refractivity (Wildman–Crippen MR) is 81.6 cm³/mol. The Labute approximate surface area is 117 Å². The van der Waals surface area contributed by atoms with E-state index >= 15 is 0 Å². The summed E-state index contributed by atoms with van der Waals surface area (Å²) in [5, 5.41) is 3.47. The van der Waals surface area contributed by atoms with Crippen LogP contribution in [0.15, 0.2) is 12.1 Å². The van der Waals surface area contributed by atoms with Crippen LogP contribution in [0.4, 0.5) is 5.82 Å². The largest absolute Gasteiger partial charge is 0.351 e. The first kappa shape index (κ1) is 14.3. The molecule has 0 aromatic carbocycles. The fourth-order valence-corrected chi connectivity index (χ4v) is 2.90. The summed E-state index contributed by atoms with van der Waals surface area (Å²) >= 11 is 0. The molecule has 2 heterocycles. The van der Waals surface area contributed by atoms with Gasteiger partial charge in [-0.1, -0.05) is 6.92 Å². The molecule has 3 nitrogen and oxygen atoms in total. The highest BCUT2D eigenvalue weighted by atomic mass is 15.3. The van der Waals surface area contributed by atoms with Crippen LogP contribution in [-0.2, 0) is 6.54 Å². The summed E-state index contributed by atoms with van der Waals surface area (Å²) in [5.41, 5.74) is 2.71. The Kier molecular flexibility index (Phi) is 4.46. The fourth-order valence-electron chi connectivity index (χ4n) is 2.90. The van der Waals surface area contributed by atoms with E-state index in [9.17, 15) is 0 Å². The van der Waals surface area contributed by atoms with Gasteiger partial charge in [0.1, 0.15) is 5.82 Å². The number of aromatic nitrogens is 1. The first-order valence-electron chi connectivity index (χ1n) is 7.49. The Bertz CT molecular complexity index is 426. The molecule has 0 radical (unpaired) electrons. The molecule has 0 atom stereocenters. The maximum Gasteiger partial charge on any atom is 0.129 e. The minimum atomic E-state index is 0.245. The van der Waals surface area contributed by atoms with Crippen molar-refractivity contribution in [1.82, 2.24) is 10.3 Å². The molecule has 0 unspecified atom stereocenters. The van der Waals surface area contributed by atoms with Crippen molar-refractivity contribution in [2.24, 2.45) is 0 Å². The molecule has 0 amide bonds. The Morgan fingerprint density at radius 1 is 1.37 bits per heavy atom. The lowest BCUT2D eigenvalue weighted by molar-refractivity contribution is 0.514. The zero-order valence-electron chi connectivity index (χ0n) is 12.8. The molecular weight excluding hydrogens is 234 g/mol. The summed E-state index contributed by atoms with van der Waals surface area (Å²) < 4.78 is 0. The van der Waals surface area contributed by atoms with Gasteiger partial charge in [0, 0.05) is 24.3 Å². The van der Waals surface area contributed by atoms with Crippen LogP contribution in [0.3, 0.4) is 0 Å². The summed E-state index contributed by atoms with van der Waals surface area (Å²) in [6.07, 6.45) is 3.70. The number of nitrogens with zero attached hydrogens (tertiary/aromatic N) is 2. The minimum Gasteiger partial charge on any atom is -0.351 e. The summed E-state index contributed by atoms with van der Waals surface area (Å²) in [5.74, 6) is 1.15. The maximum atomic E-state index is 4.74.